The number of aryl methyl sites for hydroxylation is 1. The van der Waals surface area contributed by atoms with Crippen molar-refractivity contribution in [2.75, 3.05) is 5.32 Å². The van der Waals surface area contributed by atoms with Gasteiger partial charge in [-0.2, -0.15) is 0 Å². The first-order valence-electron chi connectivity index (χ1n) is 6.08. The van der Waals surface area contributed by atoms with Crippen LogP contribution in [-0.4, -0.2) is 17.1 Å². The van der Waals surface area contributed by atoms with E-state index >= 15 is 0 Å². The van der Waals surface area contributed by atoms with Gasteiger partial charge in [0.05, 0.1) is 17.8 Å². The summed E-state index contributed by atoms with van der Waals surface area (Å²) in [5, 5.41) is 16.4. The molecule has 0 radical (unpaired) electrons. The van der Waals surface area contributed by atoms with Crippen molar-refractivity contribution in [2.45, 2.75) is 13.5 Å². The number of amides is 2. The lowest BCUT2D eigenvalue weighted by Crippen LogP contribution is -2.28. The molecular formula is C14H13BrN2O3S. The summed E-state index contributed by atoms with van der Waals surface area (Å²) in [4.78, 5) is 24.1. The smallest absolute Gasteiger partial charge is 0.337 e. The number of halogens is 1. The molecule has 1 aromatic heterocycles. The molecule has 7 heteroatoms. The third kappa shape index (κ3) is 4.05. The molecule has 0 spiro atoms. The number of carbonyl (C=O) groups excluding carboxylic acids is 1. The molecule has 0 aliphatic rings. The van der Waals surface area contributed by atoms with Crippen LogP contribution < -0.4 is 10.6 Å². The Labute approximate surface area is 134 Å². The predicted octanol–water partition coefficient (Wildman–Crippen LogP) is 3.84. The van der Waals surface area contributed by atoms with Crippen LogP contribution in [0.5, 0.6) is 0 Å². The molecule has 21 heavy (non-hydrogen) atoms. The lowest BCUT2D eigenvalue weighted by molar-refractivity contribution is 0.0698. The van der Waals surface area contributed by atoms with E-state index in [1.54, 1.807) is 23.5 Å². The maximum atomic E-state index is 11.9. The summed E-state index contributed by atoms with van der Waals surface area (Å²) in [6, 6.07) is 6.21. The zero-order chi connectivity index (χ0) is 15.4. The Morgan fingerprint density at radius 3 is 2.71 bits per heavy atom. The second-order valence-electron chi connectivity index (χ2n) is 4.33. The van der Waals surface area contributed by atoms with Gasteiger partial charge in [-0.15, -0.1) is 11.3 Å². The Balaban J connectivity index is 2.03. The topological polar surface area (TPSA) is 78.4 Å². The van der Waals surface area contributed by atoms with Gasteiger partial charge >= 0.3 is 12.0 Å². The maximum absolute atomic E-state index is 11.9. The highest BCUT2D eigenvalue weighted by Crippen LogP contribution is 2.21. The van der Waals surface area contributed by atoms with Crippen LogP contribution in [0.4, 0.5) is 10.5 Å². The molecule has 0 saturated heterocycles. The summed E-state index contributed by atoms with van der Waals surface area (Å²) in [7, 11) is 0. The second-order valence-corrected chi connectivity index (χ2v) is 6.25. The first kappa shape index (κ1) is 15.5. The van der Waals surface area contributed by atoms with Crippen LogP contribution in [-0.2, 0) is 6.54 Å². The fraction of sp³-hybridized carbons (Fsp3) is 0.143. The molecule has 0 aliphatic heterocycles. The zero-order valence-electron chi connectivity index (χ0n) is 11.1. The van der Waals surface area contributed by atoms with Crippen molar-refractivity contribution in [3.05, 3.63) is 50.1 Å². The molecule has 0 aliphatic carbocycles. The maximum Gasteiger partial charge on any atom is 0.337 e. The summed E-state index contributed by atoms with van der Waals surface area (Å²) in [6.45, 7) is 2.39. The Kier molecular flexibility index (Phi) is 4.98. The normalized spacial score (nSPS) is 10.2. The van der Waals surface area contributed by atoms with Crippen molar-refractivity contribution in [1.82, 2.24) is 5.32 Å². The second kappa shape index (κ2) is 6.73. The molecule has 2 amide bonds. The summed E-state index contributed by atoms with van der Waals surface area (Å²) < 4.78 is 0.639. The Morgan fingerprint density at radius 2 is 2.10 bits per heavy atom. The van der Waals surface area contributed by atoms with E-state index in [4.69, 9.17) is 5.11 Å². The molecule has 0 atom stereocenters. The van der Waals surface area contributed by atoms with Gasteiger partial charge in [-0.25, -0.2) is 9.59 Å². The van der Waals surface area contributed by atoms with Crippen LogP contribution in [0.25, 0.3) is 0 Å². The Bertz CT molecular complexity index is 685. The van der Waals surface area contributed by atoms with Crippen LogP contribution >= 0.6 is 27.3 Å². The van der Waals surface area contributed by atoms with Crippen LogP contribution in [0.15, 0.2) is 34.1 Å². The Morgan fingerprint density at radius 1 is 1.33 bits per heavy atom. The zero-order valence-corrected chi connectivity index (χ0v) is 13.5. The fourth-order valence-corrected chi connectivity index (χ4v) is 2.92. The van der Waals surface area contributed by atoms with Crippen LogP contribution in [0.2, 0.25) is 0 Å². The van der Waals surface area contributed by atoms with Crippen molar-refractivity contribution in [1.29, 1.82) is 0 Å². The van der Waals surface area contributed by atoms with Crippen molar-refractivity contribution in [3.8, 4) is 0 Å². The van der Waals surface area contributed by atoms with Crippen LogP contribution in [0.3, 0.4) is 0 Å². The van der Waals surface area contributed by atoms with Crippen LogP contribution in [0.1, 0.15) is 20.8 Å². The van der Waals surface area contributed by atoms with Crippen molar-refractivity contribution in [2.24, 2.45) is 0 Å². The van der Waals surface area contributed by atoms with E-state index in [0.29, 0.717) is 11.0 Å². The quantitative estimate of drug-likeness (QED) is 0.766. The third-order valence-corrected chi connectivity index (χ3v) is 4.35. The molecule has 3 N–H and O–H groups in total. The highest BCUT2D eigenvalue weighted by molar-refractivity contribution is 9.10. The Hall–Kier alpha value is -1.86. The van der Waals surface area contributed by atoms with Crippen LogP contribution in [0, 0.1) is 6.92 Å². The van der Waals surface area contributed by atoms with E-state index in [1.807, 2.05) is 18.4 Å². The molecule has 1 heterocycles. The average Bonchev–Trinajstić information content (AvgIpc) is 2.84. The number of thiophene rings is 1. The molecule has 0 bridgehead atoms. The summed E-state index contributed by atoms with van der Waals surface area (Å²) in [5.74, 6) is -1.10. The van der Waals surface area contributed by atoms with Gasteiger partial charge in [0.15, 0.2) is 0 Å². The molecular weight excluding hydrogens is 356 g/mol. The average molecular weight is 369 g/mol. The van der Waals surface area contributed by atoms with Gasteiger partial charge < -0.3 is 15.7 Å². The molecule has 5 nitrogen and oxygen atoms in total. The number of carboxylic acids is 1. The lowest BCUT2D eigenvalue weighted by atomic mass is 10.2. The molecule has 1 aromatic carbocycles. The number of hydrogen-bond acceptors (Lipinski definition) is 3. The first-order valence-corrected chi connectivity index (χ1v) is 7.75. The summed E-state index contributed by atoms with van der Waals surface area (Å²) in [5.41, 5.74) is 1.41. The SMILES string of the molecule is Cc1ccsc1CNC(=O)Nc1ccc(Br)cc1C(=O)O. The molecule has 2 rings (SSSR count). The minimum absolute atomic E-state index is 0.0341. The highest BCUT2D eigenvalue weighted by Gasteiger charge is 2.13. The molecule has 0 unspecified atom stereocenters. The number of aromatic carboxylic acids is 1. The first-order chi connectivity index (χ1) is 9.97. The number of hydrogen-bond donors (Lipinski definition) is 3. The molecule has 110 valence electrons. The monoisotopic (exact) mass is 368 g/mol. The number of urea groups is 1. The van der Waals surface area contributed by atoms with Gasteiger partial charge in [0, 0.05) is 9.35 Å². The van der Waals surface area contributed by atoms with Gasteiger partial charge in [-0.05, 0) is 42.1 Å². The van der Waals surface area contributed by atoms with Gasteiger partial charge in [-0.3, -0.25) is 0 Å². The predicted molar refractivity (Wildman–Crippen MR) is 86.0 cm³/mol. The fourth-order valence-electron chi connectivity index (χ4n) is 1.71. The summed E-state index contributed by atoms with van der Waals surface area (Å²) in [6.07, 6.45) is 0. The number of carbonyl (C=O) groups is 2. The van der Waals surface area contributed by atoms with Crippen molar-refractivity contribution in [3.63, 3.8) is 0 Å². The minimum Gasteiger partial charge on any atom is -0.478 e. The van der Waals surface area contributed by atoms with Crippen molar-refractivity contribution < 1.29 is 14.7 Å². The minimum atomic E-state index is -1.10. The summed E-state index contributed by atoms with van der Waals surface area (Å²) >= 11 is 4.77. The lowest BCUT2D eigenvalue weighted by Gasteiger charge is -2.10. The highest BCUT2D eigenvalue weighted by atomic mass is 79.9. The van der Waals surface area contributed by atoms with E-state index in [1.165, 1.54) is 6.07 Å². The van der Waals surface area contributed by atoms with E-state index < -0.39 is 12.0 Å². The number of rotatable bonds is 4. The van der Waals surface area contributed by atoms with E-state index in [2.05, 4.69) is 26.6 Å². The van der Waals surface area contributed by atoms with Gasteiger partial charge in [0.25, 0.3) is 0 Å². The molecule has 2 aromatic rings. The van der Waals surface area contributed by atoms with E-state index in [9.17, 15) is 9.59 Å². The van der Waals surface area contributed by atoms with Gasteiger partial charge in [-0.1, -0.05) is 15.9 Å². The number of nitrogens with one attached hydrogen (secondary N) is 2. The van der Waals surface area contributed by atoms with Crippen molar-refractivity contribution >= 4 is 45.0 Å². The molecule has 0 fully saturated rings. The number of carboxylic acid groups (broad SMARTS) is 1. The standard InChI is InChI=1S/C14H13BrN2O3S/c1-8-4-5-21-12(8)7-16-14(20)17-11-3-2-9(15)6-10(11)13(18)19/h2-6H,7H2,1H3,(H,18,19)(H2,16,17,20). The largest absolute Gasteiger partial charge is 0.478 e. The molecule has 0 saturated carbocycles. The van der Waals surface area contributed by atoms with Gasteiger partial charge in [0.2, 0.25) is 0 Å². The van der Waals surface area contributed by atoms with E-state index in [0.717, 1.165) is 10.4 Å². The number of anilines is 1. The van der Waals surface area contributed by atoms with Gasteiger partial charge in [0.1, 0.15) is 0 Å². The number of benzene rings is 1. The van der Waals surface area contributed by atoms with E-state index in [-0.39, 0.29) is 11.3 Å². The third-order valence-electron chi connectivity index (χ3n) is 2.84.